The van der Waals surface area contributed by atoms with Crippen molar-refractivity contribution in [2.24, 2.45) is 0 Å². The van der Waals surface area contributed by atoms with Crippen molar-refractivity contribution < 1.29 is 13.9 Å². The SMILES string of the molecule is COc1ccc(C(=O)N2CCC[C@@H]2c2ccco2)cc1-n1cnnn1. The van der Waals surface area contributed by atoms with E-state index in [0.29, 0.717) is 23.5 Å². The molecule has 0 bridgehead atoms. The smallest absolute Gasteiger partial charge is 0.254 e. The van der Waals surface area contributed by atoms with Crippen LogP contribution in [0.4, 0.5) is 0 Å². The monoisotopic (exact) mass is 339 g/mol. The summed E-state index contributed by atoms with van der Waals surface area (Å²) in [7, 11) is 1.57. The van der Waals surface area contributed by atoms with Gasteiger partial charge in [-0.2, -0.15) is 4.68 Å². The number of carbonyl (C=O) groups is 1. The van der Waals surface area contributed by atoms with Crippen molar-refractivity contribution in [1.82, 2.24) is 25.1 Å². The van der Waals surface area contributed by atoms with Crippen molar-refractivity contribution in [3.05, 3.63) is 54.2 Å². The maximum Gasteiger partial charge on any atom is 0.254 e. The quantitative estimate of drug-likeness (QED) is 0.724. The zero-order chi connectivity index (χ0) is 17.2. The topological polar surface area (TPSA) is 86.3 Å². The normalized spacial score (nSPS) is 17.0. The van der Waals surface area contributed by atoms with E-state index in [2.05, 4.69) is 15.5 Å². The zero-order valence-electron chi connectivity index (χ0n) is 13.7. The molecule has 0 unspecified atom stereocenters. The Kier molecular flexibility index (Phi) is 3.93. The first-order chi connectivity index (χ1) is 12.3. The van der Waals surface area contributed by atoms with Crippen molar-refractivity contribution in [3.63, 3.8) is 0 Å². The number of benzene rings is 1. The van der Waals surface area contributed by atoms with E-state index in [0.717, 1.165) is 18.6 Å². The minimum Gasteiger partial charge on any atom is -0.494 e. The number of furan rings is 1. The molecule has 1 atom stereocenters. The van der Waals surface area contributed by atoms with Gasteiger partial charge in [0.25, 0.3) is 5.91 Å². The second-order valence-electron chi connectivity index (χ2n) is 5.81. The van der Waals surface area contributed by atoms with E-state index in [4.69, 9.17) is 9.15 Å². The van der Waals surface area contributed by atoms with Crippen molar-refractivity contribution >= 4 is 5.91 Å². The van der Waals surface area contributed by atoms with Gasteiger partial charge in [0.2, 0.25) is 0 Å². The van der Waals surface area contributed by atoms with Gasteiger partial charge in [0.15, 0.2) is 0 Å². The Morgan fingerprint density at radius 3 is 3.00 bits per heavy atom. The van der Waals surface area contributed by atoms with Crippen LogP contribution in [0.2, 0.25) is 0 Å². The number of amides is 1. The lowest BCUT2D eigenvalue weighted by atomic mass is 10.1. The Hall–Kier alpha value is -3.16. The predicted molar refractivity (Wildman–Crippen MR) is 87.4 cm³/mol. The lowest BCUT2D eigenvalue weighted by Crippen LogP contribution is -2.30. The van der Waals surface area contributed by atoms with Gasteiger partial charge in [-0.15, -0.1) is 5.10 Å². The van der Waals surface area contributed by atoms with Crippen LogP contribution in [0, 0.1) is 0 Å². The summed E-state index contributed by atoms with van der Waals surface area (Å²) in [4.78, 5) is 14.9. The number of hydrogen-bond donors (Lipinski definition) is 0. The molecule has 8 heteroatoms. The van der Waals surface area contributed by atoms with Crippen molar-refractivity contribution in [2.75, 3.05) is 13.7 Å². The van der Waals surface area contributed by atoms with Crippen molar-refractivity contribution in [2.45, 2.75) is 18.9 Å². The Bertz CT molecular complexity index is 861. The number of likely N-dealkylation sites (tertiary alicyclic amines) is 1. The third-order valence-corrected chi connectivity index (χ3v) is 4.41. The summed E-state index contributed by atoms with van der Waals surface area (Å²) < 4.78 is 12.3. The van der Waals surface area contributed by atoms with Crippen LogP contribution in [0.1, 0.15) is 35.0 Å². The van der Waals surface area contributed by atoms with Crippen LogP contribution in [0.25, 0.3) is 5.69 Å². The van der Waals surface area contributed by atoms with E-state index in [1.807, 2.05) is 17.0 Å². The maximum atomic E-state index is 13.1. The van der Waals surface area contributed by atoms with Gasteiger partial charge in [-0.3, -0.25) is 4.79 Å². The number of ether oxygens (including phenoxy) is 1. The summed E-state index contributed by atoms with van der Waals surface area (Å²) >= 11 is 0. The molecule has 0 radical (unpaired) electrons. The van der Waals surface area contributed by atoms with Crippen molar-refractivity contribution in [3.8, 4) is 11.4 Å². The number of hydrogen-bond acceptors (Lipinski definition) is 6. The number of aromatic nitrogens is 4. The van der Waals surface area contributed by atoms with E-state index in [-0.39, 0.29) is 11.9 Å². The Morgan fingerprint density at radius 1 is 1.36 bits per heavy atom. The fourth-order valence-corrected chi connectivity index (χ4v) is 3.23. The standard InChI is InChI=1S/C17H17N5O3/c1-24-15-7-6-12(10-14(15)22-11-18-19-20-22)17(23)21-8-2-4-13(21)16-5-3-9-25-16/h3,5-7,9-11,13H,2,4,8H2,1H3/t13-/m1/s1. The molecule has 1 amide bonds. The van der Waals surface area contributed by atoms with Gasteiger partial charge in [-0.25, -0.2) is 0 Å². The van der Waals surface area contributed by atoms with Gasteiger partial charge in [0.1, 0.15) is 23.5 Å². The van der Waals surface area contributed by atoms with Crippen LogP contribution >= 0.6 is 0 Å². The lowest BCUT2D eigenvalue weighted by Gasteiger charge is -2.23. The van der Waals surface area contributed by atoms with Gasteiger partial charge in [-0.05, 0) is 53.6 Å². The van der Waals surface area contributed by atoms with Crippen LogP contribution in [0.3, 0.4) is 0 Å². The lowest BCUT2D eigenvalue weighted by molar-refractivity contribution is 0.0720. The maximum absolute atomic E-state index is 13.1. The molecule has 1 fully saturated rings. The molecule has 1 aliphatic rings. The average Bonchev–Trinajstić information content (AvgIpc) is 3.42. The Balaban J connectivity index is 1.67. The zero-order valence-corrected chi connectivity index (χ0v) is 13.7. The highest BCUT2D eigenvalue weighted by Gasteiger charge is 2.32. The molecule has 3 aromatic rings. The average molecular weight is 339 g/mol. The predicted octanol–water partition coefficient (Wildman–Crippen LogP) is 2.24. The number of nitrogens with zero attached hydrogens (tertiary/aromatic N) is 5. The molecule has 25 heavy (non-hydrogen) atoms. The first kappa shape index (κ1) is 15.4. The largest absolute Gasteiger partial charge is 0.494 e. The second-order valence-corrected chi connectivity index (χ2v) is 5.81. The molecule has 0 aliphatic carbocycles. The van der Waals surface area contributed by atoms with Gasteiger partial charge < -0.3 is 14.1 Å². The summed E-state index contributed by atoms with van der Waals surface area (Å²) in [6, 6.07) is 8.99. The van der Waals surface area contributed by atoms with Crippen LogP contribution in [-0.4, -0.2) is 44.7 Å². The molecule has 1 saturated heterocycles. The van der Waals surface area contributed by atoms with E-state index >= 15 is 0 Å². The Morgan fingerprint density at radius 2 is 2.28 bits per heavy atom. The van der Waals surface area contributed by atoms with Crippen LogP contribution in [-0.2, 0) is 0 Å². The Labute approximate surface area is 144 Å². The molecule has 0 N–H and O–H groups in total. The number of methoxy groups -OCH3 is 1. The summed E-state index contributed by atoms with van der Waals surface area (Å²) in [6.07, 6.45) is 4.95. The van der Waals surface area contributed by atoms with Crippen molar-refractivity contribution in [1.29, 1.82) is 0 Å². The molecule has 0 spiro atoms. The molecule has 1 aromatic carbocycles. The minimum atomic E-state index is -0.0455. The van der Waals surface area contributed by atoms with Gasteiger partial charge >= 0.3 is 0 Å². The molecule has 8 nitrogen and oxygen atoms in total. The molecule has 4 rings (SSSR count). The van der Waals surface area contributed by atoms with Crippen LogP contribution in [0.15, 0.2) is 47.3 Å². The number of rotatable bonds is 4. The molecule has 0 saturated carbocycles. The third-order valence-electron chi connectivity index (χ3n) is 4.41. The van der Waals surface area contributed by atoms with E-state index < -0.39 is 0 Å². The first-order valence-corrected chi connectivity index (χ1v) is 8.03. The fraction of sp³-hybridized carbons (Fsp3) is 0.294. The molecular weight excluding hydrogens is 322 g/mol. The summed E-state index contributed by atoms with van der Waals surface area (Å²) in [6.45, 7) is 0.705. The highest BCUT2D eigenvalue weighted by molar-refractivity contribution is 5.95. The molecule has 2 aromatic heterocycles. The summed E-state index contributed by atoms with van der Waals surface area (Å²) in [5.74, 6) is 1.36. The summed E-state index contributed by atoms with van der Waals surface area (Å²) in [5, 5.41) is 11.2. The number of carbonyl (C=O) groups excluding carboxylic acids is 1. The van der Waals surface area contributed by atoms with E-state index in [9.17, 15) is 4.79 Å². The van der Waals surface area contributed by atoms with E-state index in [1.54, 1.807) is 31.6 Å². The van der Waals surface area contributed by atoms with Gasteiger partial charge in [0, 0.05) is 12.1 Å². The van der Waals surface area contributed by atoms with Crippen LogP contribution in [0.5, 0.6) is 5.75 Å². The number of tetrazole rings is 1. The highest BCUT2D eigenvalue weighted by atomic mass is 16.5. The molecule has 128 valence electrons. The highest BCUT2D eigenvalue weighted by Crippen LogP contribution is 2.34. The first-order valence-electron chi connectivity index (χ1n) is 8.03. The molecule has 3 heterocycles. The minimum absolute atomic E-state index is 0.0268. The fourth-order valence-electron chi connectivity index (χ4n) is 3.23. The third kappa shape index (κ3) is 2.75. The summed E-state index contributed by atoms with van der Waals surface area (Å²) in [5.41, 5.74) is 1.18. The van der Waals surface area contributed by atoms with Crippen LogP contribution < -0.4 is 4.74 Å². The van der Waals surface area contributed by atoms with Gasteiger partial charge in [-0.1, -0.05) is 0 Å². The second kappa shape index (κ2) is 6.39. The molecule has 1 aliphatic heterocycles. The molecular formula is C17H17N5O3. The van der Waals surface area contributed by atoms with Gasteiger partial charge in [0.05, 0.1) is 19.4 Å². The van der Waals surface area contributed by atoms with E-state index in [1.165, 1.54) is 11.0 Å².